The van der Waals surface area contributed by atoms with E-state index in [0.29, 0.717) is 12.0 Å². The summed E-state index contributed by atoms with van der Waals surface area (Å²) < 4.78 is 0. The van der Waals surface area contributed by atoms with E-state index in [2.05, 4.69) is 13.8 Å². The summed E-state index contributed by atoms with van der Waals surface area (Å²) in [5, 5.41) is 41.5. The second-order valence-electron chi connectivity index (χ2n) is 11.2. The van der Waals surface area contributed by atoms with Gasteiger partial charge in [-0.05, 0) is 36.5 Å². The number of carboxylic acid groups (broad SMARTS) is 3. The average Bonchev–Trinajstić information content (AvgIpc) is 3.17. The van der Waals surface area contributed by atoms with Gasteiger partial charge in [0.25, 0.3) is 0 Å². The predicted octanol–water partition coefficient (Wildman–Crippen LogP) is 2.76. The zero-order chi connectivity index (χ0) is 24.7. The van der Waals surface area contributed by atoms with E-state index in [1.807, 2.05) is 6.92 Å². The number of hydrogen-bond acceptors (Lipinski definition) is 5. The molecule has 0 aromatic rings. The number of carbonyl (C=O) groups excluding carboxylic acids is 1. The van der Waals surface area contributed by atoms with Crippen LogP contribution >= 0.6 is 0 Å². The minimum Gasteiger partial charge on any atom is -0.481 e. The number of ketones is 1. The van der Waals surface area contributed by atoms with E-state index in [-0.39, 0.29) is 34.5 Å². The van der Waals surface area contributed by atoms with Crippen LogP contribution in [0.15, 0.2) is 23.3 Å². The Balaban J connectivity index is 2.03. The fourth-order valence-electron chi connectivity index (χ4n) is 7.86. The Labute approximate surface area is 192 Å². The molecule has 2 bridgehead atoms. The van der Waals surface area contributed by atoms with Gasteiger partial charge in [-0.1, -0.05) is 44.1 Å². The lowest BCUT2D eigenvalue weighted by molar-refractivity contribution is -0.173. The molecule has 8 nitrogen and oxygen atoms in total. The molecule has 0 aliphatic heterocycles. The van der Waals surface area contributed by atoms with Crippen LogP contribution in [0, 0.1) is 46.3 Å². The first-order valence-electron chi connectivity index (χ1n) is 11.5. The van der Waals surface area contributed by atoms with Crippen molar-refractivity contribution >= 4 is 23.7 Å². The highest BCUT2D eigenvalue weighted by molar-refractivity contribution is 5.95. The summed E-state index contributed by atoms with van der Waals surface area (Å²) in [6.45, 7) is 7.72. The van der Waals surface area contributed by atoms with Gasteiger partial charge in [0, 0.05) is 17.8 Å². The number of Topliss-reactive ketones (excluding diaryl/α,β-unsaturated/α-hetero) is 1. The van der Waals surface area contributed by atoms with Gasteiger partial charge in [-0.3, -0.25) is 19.2 Å². The minimum atomic E-state index is -2.04. The van der Waals surface area contributed by atoms with E-state index in [4.69, 9.17) is 0 Å². The highest BCUT2D eigenvalue weighted by Crippen LogP contribution is 2.73. The van der Waals surface area contributed by atoms with Crippen molar-refractivity contribution in [2.45, 2.75) is 59.0 Å². The molecule has 1 spiro atoms. The van der Waals surface area contributed by atoms with Crippen LogP contribution in [0.2, 0.25) is 0 Å². The molecule has 4 N–H and O–H groups in total. The van der Waals surface area contributed by atoms with Crippen LogP contribution in [0.3, 0.4) is 0 Å². The minimum absolute atomic E-state index is 0.0318. The first-order chi connectivity index (χ1) is 15.2. The quantitative estimate of drug-likeness (QED) is 0.442. The van der Waals surface area contributed by atoms with E-state index in [1.54, 1.807) is 19.1 Å². The Kier molecular flexibility index (Phi) is 5.21. The summed E-state index contributed by atoms with van der Waals surface area (Å²) >= 11 is 0. The van der Waals surface area contributed by atoms with Crippen LogP contribution in [0.25, 0.3) is 0 Å². The molecule has 0 aromatic heterocycles. The Bertz CT molecular complexity index is 1010. The van der Waals surface area contributed by atoms with Crippen LogP contribution in [-0.4, -0.2) is 49.7 Å². The summed E-state index contributed by atoms with van der Waals surface area (Å²) in [6.07, 6.45) is 2.40. The summed E-state index contributed by atoms with van der Waals surface area (Å²) in [5.74, 6) is -6.87. The summed E-state index contributed by atoms with van der Waals surface area (Å²) in [6, 6.07) is 0. The summed E-state index contributed by atoms with van der Waals surface area (Å²) in [7, 11) is 0. The normalized spacial score (nSPS) is 42.8. The molecule has 0 saturated heterocycles. The van der Waals surface area contributed by atoms with Crippen LogP contribution in [0.4, 0.5) is 0 Å². The standard InChI is InChI=1S/C25H32O8/c1-11-10-24-12(2)5-17-21(23(17,3)4)14(22(24)32)6-13(7-18(26)27)16(9-20(30)31)25(24,33)15(11)8-19(28)29/h6,10,12,14-17,21,33H,5,7-9H2,1-4H3,(H,26,27)(H,28,29)(H,30,31)/t12-,14+,15+,16-,17-,21+,24+,25-/m1/s1. The number of carbonyl (C=O) groups is 4. The van der Waals surface area contributed by atoms with Crippen molar-refractivity contribution in [2.24, 2.45) is 46.3 Å². The highest BCUT2D eigenvalue weighted by atomic mass is 16.4. The summed E-state index contributed by atoms with van der Waals surface area (Å²) in [5.41, 5.74) is -2.89. The van der Waals surface area contributed by atoms with Gasteiger partial charge in [0.15, 0.2) is 5.78 Å². The third-order valence-electron chi connectivity index (χ3n) is 9.31. The number of allylic oxidation sites excluding steroid dienone is 1. The molecular formula is C25H32O8. The third-order valence-corrected chi connectivity index (χ3v) is 9.31. The average molecular weight is 461 g/mol. The molecule has 8 atom stereocenters. The fraction of sp³-hybridized carbons (Fsp3) is 0.680. The third kappa shape index (κ3) is 3.06. The van der Waals surface area contributed by atoms with Crippen LogP contribution in [-0.2, 0) is 19.2 Å². The topological polar surface area (TPSA) is 149 Å². The summed E-state index contributed by atoms with van der Waals surface area (Å²) in [4.78, 5) is 49.9. The lowest BCUT2D eigenvalue weighted by atomic mass is 9.54. The zero-order valence-electron chi connectivity index (χ0n) is 19.4. The fourth-order valence-corrected chi connectivity index (χ4v) is 7.86. The van der Waals surface area contributed by atoms with Crippen molar-refractivity contribution in [1.29, 1.82) is 0 Å². The van der Waals surface area contributed by atoms with Gasteiger partial charge in [-0.25, -0.2) is 0 Å². The maximum absolute atomic E-state index is 14.3. The maximum atomic E-state index is 14.3. The molecule has 4 aliphatic carbocycles. The van der Waals surface area contributed by atoms with Gasteiger partial charge in [0.2, 0.25) is 0 Å². The zero-order valence-corrected chi connectivity index (χ0v) is 19.4. The maximum Gasteiger partial charge on any atom is 0.307 e. The number of fused-ring (bicyclic) bond motifs is 3. The molecule has 0 aromatic carbocycles. The molecule has 0 unspecified atom stereocenters. The first kappa shape index (κ1) is 23.7. The van der Waals surface area contributed by atoms with Crippen molar-refractivity contribution in [3.05, 3.63) is 23.3 Å². The number of rotatable bonds is 6. The number of aliphatic hydroxyl groups is 1. The molecule has 0 amide bonds. The van der Waals surface area contributed by atoms with Crippen molar-refractivity contribution in [1.82, 2.24) is 0 Å². The lowest BCUT2D eigenvalue weighted by Crippen LogP contribution is -2.61. The number of aliphatic carboxylic acids is 3. The van der Waals surface area contributed by atoms with E-state index in [9.17, 15) is 39.6 Å². The van der Waals surface area contributed by atoms with Crippen molar-refractivity contribution in [3.63, 3.8) is 0 Å². The largest absolute Gasteiger partial charge is 0.481 e. The Morgan fingerprint density at radius 2 is 1.61 bits per heavy atom. The van der Waals surface area contributed by atoms with Crippen LogP contribution in [0.5, 0.6) is 0 Å². The lowest BCUT2D eigenvalue weighted by Gasteiger charge is -2.51. The highest BCUT2D eigenvalue weighted by Gasteiger charge is 2.75. The van der Waals surface area contributed by atoms with Gasteiger partial charge in [-0.2, -0.15) is 0 Å². The van der Waals surface area contributed by atoms with Crippen molar-refractivity contribution < 1.29 is 39.6 Å². The molecular weight excluding hydrogens is 428 g/mol. The number of carboxylic acids is 3. The van der Waals surface area contributed by atoms with E-state index in [0.717, 1.165) is 0 Å². The molecule has 0 radical (unpaired) electrons. The molecule has 180 valence electrons. The van der Waals surface area contributed by atoms with Gasteiger partial charge in [-0.15, -0.1) is 0 Å². The molecule has 2 fully saturated rings. The molecule has 33 heavy (non-hydrogen) atoms. The van der Waals surface area contributed by atoms with E-state index >= 15 is 0 Å². The molecule has 2 saturated carbocycles. The second kappa shape index (κ2) is 7.26. The van der Waals surface area contributed by atoms with Crippen LogP contribution in [0.1, 0.15) is 53.4 Å². The van der Waals surface area contributed by atoms with Crippen molar-refractivity contribution in [2.75, 3.05) is 0 Å². The first-order valence-corrected chi connectivity index (χ1v) is 11.5. The molecule has 8 heteroatoms. The Hall–Kier alpha value is -2.48. The monoisotopic (exact) mass is 460 g/mol. The van der Waals surface area contributed by atoms with Crippen molar-refractivity contribution in [3.8, 4) is 0 Å². The Morgan fingerprint density at radius 3 is 2.15 bits per heavy atom. The van der Waals surface area contributed by atoms with E-state index in [1.165, 1.54) is 0 Å². The van der Waals surface area contributed by atoms with Crippen LogP contribution < -0.4 is 0 Å². The molecule has 4 aliphatic rings. The van der Waals surface area contributed by atoms with Gasteiger partial charge in [0.1, 0.15) is 0 Å². The molecule has 4 rings (SSSR count). The molecule has 0 heterocycles. The van der Waals surface area contributed by atoms with Gasteiger partial charge >= 0.3 is 17.9 Å². The predicted molar refractivity (Wildman–Crippen MR) is 116 cm³/mol. The van der Waals surface area contributed by atoms with E-state index < -0.39 is 65.9 Å². The van der Waals surface area contributed by atoms with Gasteiger partial charge < -0.3 is 20.4 Å². The SMILES string of the molecule is CC1=C[C@]23C(=O)[C@@H](C=C(CC(=O)O)[C@@H](CC(=O)O)[C@]2(O)[C@H]1CC(=O)O)[C@H]1[C@@H](C[C@H]3C)C1(C)C. The second-order valence-corrected chi connectivity index (χ2v) is 11.2. The number of hydrogen-bond donors (Lipinski definition) is 4. The van der Waals surface area contributed by atoms with Gasteiger partial charge in [0.05, 0.1) is 30.3 Å². The Morgan fingerprint density at radius 1 is 1.03 bits per heavy atom. The smallest absolute Gasteiger partial charge is 0.307 e.